The lowest BCUT2D eigenvalue weighted by Crippen LogP contribution is -2.27. The lowest BCUT2D eigenvalue weighted by molar-refractivity contribution is -0.137. The van der Waals surface area contributed by atoms with Gasteiger partial charge < -0.3 is 9.57 Å². The van der Waals surface area contributed by atoms with E-state index in [0.29, 0.717) is 0 Å². The molecular weight excluding hydrogens is 327 g/mol. The Morgan fingerprint density at radius 3 is 2.17 bits per heavy atom. The molecule has 0 aromatic heterocycles. The number of nitrogens with one attached hydrogen (secondary N) is 1. The van der Waals surface area contributed by atoms with Gasteiger partial charge in [0.05, 0.1) is 11.1 Å². The van der Waals surface area contributed by atoms with Crippen LogP contribution in [0.3, 0.4) is 0 Å². The predicted molar refractivity (Wildman–Crippen MR) is 76.6 cm³/mol. The number of amides is 1. The second-order valence-electron chi connectivity index (χ2n) is 4.63. The average Bonchev–Trinajstić information content (AvgIpc) is 2.58. The molecule has 8 heteroatoms. The highest BCUT2D eigenvalue weighted by molar-refractivity contribution is 5.90. The quantitative estimate of drug-likeness (QED) is 0.866. The molecule has 0 radical (unpaired) electrons. The number of carbonyl (C=O) groups excluding carboxylic acids is 2. The Balaban J connectivity index is 1.81. The van der Waals surface area contributed by atoms with Crippen LogP contribution in [-0.2, 0) is 22.4 Å². The molecule has 0 aliphatic rings. The molecule has 126 valence electrons. The first-order valence-corrected chi connectivity index (χ1v) is 6.71. The van der Waals surface area contributed by atoms with Crippen LogP contribution >= 0.6 is 0 Å². The minimum atomic E-state index is -4.50. The molecule has 2 rings (SSSR count). The van der Waals surface area contributed by atoms with E-state index < -0.39 is 23.8 Å². The first kappa shape index (κ1) is 17.3. The molecule has 0 spiro atoms. The average molecular weight is 339 g/mol. The fourth-order valence-electron chi connectivity index (χ4n) is 1.69. The number of rotatable bonds is 3. The molecule has 0 aliphatic heterocycles. The minimum Gasteiger partial charge on any atom is -0.443 e. The van der Waals surface area contributed by atoms with E-state index in [1.807, 2.05) is 0 Å². The third-order valence-electron chi connectivity index (χ3n) is 2.89. The lowest BCUT2D eigenvalue weighted by atomic mass is 10.1. The zero-order valence-electron chi connectivity index (χ0n) is 12.2. The summed E-state index contributed by atoms with van der Waals surface area (Å²) in [7, 11) is 0. The maximum Gasteiger partial charge on any atom is 0.441 e. The van der Waals surface area contributed by atoms with E-state index in [1.54, 1.807) is 35.8 Å². The predicted octanol–water partition coefficient (Wildman–Crippen LogP) is 3.70. The second kappa shape index (κ2) is 7.49. The summed E-state index contributed by atoms with van der Waals surface area (Å²) in [5.41, 5.74) is 1.46. The van der Waals surface area contributed by atoms with Crippen LogP contribution in [0.4, 0.5) is 18.0 Å². The molecule has 0 unspecified atom stereocenters. The van der Waals surface area contributed by atoms with Gasteiger partial charge in [-0.1, -0.05) is 30.3 Å². The second-order valence-corrected chi connectivity index (χ2v) is 4.63. The zero-order chi connectivity index (χ0) is 17.6. The summed E-state index contributed by atoms with van der Waals surface area (Å²) in [6.45, 7) is -0.0233. The summed E-state index contributed by atoms with van der Waals surface area (Å²) in [5.74, 6) is -1.01. The van der Waals surface area contributed by atoms with Crippen molar-refractivity contribution in [1.29, 1.82) is 0 Å². The van der Waals surface area contributed by atoms with Crippen molar-refractivity contribution in [3.63, 3.8) is 0 Å². The number of ether oxygens (including phenoxy) is 1. The van der Waals surface area contributed by atoms with Crippen LogP contribution in [-0.4, -0.2) is 12.1 Å². The molecule has 2 aromatic rings. The fraction of sp³-hybridized carbons (Fsp3) is 0.125. The first-order valence-electron chi connectivity index (χ1n) is 6.71. The van der Waals surface area contributed by atoms with E-state index in [2.05, 4.69) is 4.84 Å². The summed E-state index contributed by atoms with van der Waals surface area (Å²) >= 11 is 0. The van der Waals surface area contributed by atoms with Crippen molar-refractivity contribution in [1.82, 2.24) is 5.48 Å². The number of hydrogen-bond acceptors (Lipinski definition) is 4. The Morgan fingerprint density at radius 1 is 0.958 bits per heavy atom. The molecule has 0 heterocycles. The highest BCUT2D eigenvalue weighted by Gasteiger charge is 2.30. The molecule has 0 saturated heterocycles. The molecule has 24 heavy (non-hydrogen) atoms. The molecule has 0 bridgehead atoms. The summed E-state index contributed by atoms with van der Waals surface area (Å²) in [4.78, 5) is 27.4. The van der Waals surface area contributed by atoms with Gasteiger partial charge in [-0.05, 0) is 29.8 Å². The van der Waals surface area contributed by atoms with E-state index in [-0.39, 0.29) is 12.2 Å². The van der Waals surface area contributed by atoms with Gasteiger partial charge in [0.1, 0.15) is 6.61 Å². The van der Waals surface area contributed by atoms with Gasteiger partial charge in [0.15, 0.2) is 0 Å². The van der Waals surface area contributed by atoms with E-state index in [9.17, 15) is 22.8 Å². The topological polar surface area (TPSA) is 64.6 Å². The van der Waals surface area contributed by atoms with Gasteiger partial charge in [0.2, 0.25) is 0 Å². The molecule has 0 fully saturated rings. The standard InChI is InChI=1S/C16H12F3NO4/c17-16(18,19)13-8-6-12(7-9-13)14(21)24-20-15(22)23-10-11-4-2-1-3-5-11/h1-9H,10H2,(H,20,22). The van der Waals surface area contributed by atoms with Gasteiger partial charge in [-0.25, -0.2) is 9.59 Å². The summed E-state index contributed by atoms with van der Waals surface area (Å²) < 4.78 is 42.0. The lowest BCUT2D eigenvalue weighted by Gasteiger charge is -2.08. The fourth-order valence-corrected chi connectivity index (χ4v) is 1.69. The Hall–Kier alpha value is -3.03. The first-order chi connectivity index (χ1) is 11.4. The Kier molecular flexibility index (Phi) is 5.41. The molecular formula is C16H12F3NO4. The van der Waals surface area contributed by atoms with E-state index >= 15 is 0 Å². The van der Waals surface area contributed by atoms with Crippen LogP contribution in [0.25, 0.3) is 0 Å². The van der Waals surface area contributed by atoms with E-state index in [1.165, 1.54) is 0 Å². The minimum absolute atomic E-state index is 0.0233. The molecule has 0 atom stereocenters. The number of carbonyl (C=O) groups is 2. The van der Waals surface area contributed by atoms with Gasteiger partial charge in [-0.15, -0.1) is 5.48 Å². The van der Waals surface area contributed by atoms with Crippen molar-refractivity contribution in [2.45, 2.75) is 12.8 Å². The van der Waals surface area contributed by atoms with Crippen LogP contribution in [0.2, 0.25) is 0 Å². The van der Waals surface area contributed by atoms with Gasteiger partial charge in [-0.3, -0.25) is 0 Å². The van der Waals surface area contributed by atoms with Crippen LogP contribution in [0.1, 0.15) is 21.5 Å². The normalized spacial score (nSPS) is 10.8. The Labute approximate surface area is 134 Å². The maximum atomic E-state index is 12.4. The van der Waals surface area contributed by atoms with Crippen molar-refractivity contribution < 1.29 is 32.3 Å². The number of halogens is 3. The number of benzene rings is 2. The molecule has 1 amide bonds. The molecule has 1 N–H and O–H groups in total. The van der Waals surface area contributed by atoms with Crippen LogP contribution in [0.5, 0.6) is 0 Å². The van der Waals surface area contributed by atoms with E-state index in [4.69, 9.17) is 4.74 Å². The summed E-state index contributed by atoms with van der Waals surface area (Å²) in [6.07, 6.45) is -5.50. The smallest absolute Gasteiger partial charge is 0.441 e. The number of hydroxylamine groups is 1. The van der Waals surface area contributed by atoms with Gasteiger partial charge >= 0.3 is 18.2 Å². The summed E-state index contributed by atoms with van der Waals surface area (Å²) in [6, 6.07) is 12.2. The third kappa shape index (κ3) is 5.01. The molecule has 2 aromatic carbocycles. The highest BCUT2D eigenvalue weighted by atomic mass is 19.4. The van der Waals surface area contributed by atoms with Crippen molar-refractivity contribution in [2.24, 2.45) is 0 Å². The van der Waals surface area contributed by atoms with Crippen LogP contribution in [0, 0.1) is 0 Å². The molecule has 0 aliphatic carbocycles. The highest BCUT2D eigenvalue weighted by Crippen LogP contribution is 2.29. The number of hydrogen-bond donors (Lipinski definition) is 1. The van der Waals surface area contributed by atoms with Gasteiger partial charge in [0.25, 0.3) is 0 Å². The van der Waals surface area contributed by atoms with Crippen molar-refractivity contribution in [2.75, 3.05) is 0 Å². The Morgan fingerprint density at radius 2 is 1.58 bits per heavy atom. The number of alkyl halides is 3. The van der Waals surface area contributed by atoms with Crippen molar-refractivity contribution in [3.05, 3.63) is 71.3 Å². The Bertz CT molecular complexity index is 700. The van der Waals surface area contributed by atoms with Gasteiger partial charge in [-0.2, -0.15) is 13.2 Å². The van der Waals surface area contributed by atoms with Gasteiger partial charge in [0, 0.05) is 0 Å². The summed E-state index contributed by atoms with van der Waals surface area (Å²) in [5, 5.41) is 0. The van der Waals surface area contributed by atoms with Crippen molar-refractivity contribution in [3.8, 4) is 0 Å². The van der Waals surface area contributed by atoms with E-state index in [0.717, 1.165) is 29.8 Å². The monoisotopic (exact) mass is 339 g/mol. The SMILES string of the molecule is O=C(NOC(=O)c1ccc(C(F)(F)F)cc1)OCc1ccccc1. The molecule has 5 nitrogen and oxygen atoms in total. The molecule has 0 saturated carbocycles. The maximum absolute atomic E-state index is 12.4. The third-order valence-corrected chi connectivity index (χ3v) is 2.89. The van der Waals surface area contributed by atoms with Crippen molar-refractivity contribution >= 4 is 12.1 Å². The zero-order valence-corrected chi connectivity index (χ0v) is 12.2. The van der Waals surface area contributed by atoms with Crippen LogP contribution < -0.4 is 5.48 Å². The van der Waals surface area contributed by atoms with Crippen LogP contribution in [0.15, 0.2) is 54.6 Å². The largest absolute Gasteiger partial charge is 0.443 e.